The van der Waals surface area contributed by atoms with Crippen LogP contribution in [0.5, 0.6) is 0 Å². The normalized spacial score (nSPS) is 18.2. The molecule has 0 unspecified atom stereocenters. The minimum Gasteiger partial charge on any atom is -0.379 e. The van der Waals surface area contributed by atoms with Crippen molar-refractivity contribution in [3.05, 3.63) is 46.3 Å². The van der Waals surface area contributed by atoms with Crippen LogP contribution >= 0.6 is 0 Å². The number of fused-ring (bicyclic) bond motifs is 1. The van der Waals surface area contributed by atoms with Crippen molar-refractivity contribution in [2.45, 2.75) is 31.6 Å². The summed E-state index contributed by atoms with van der Waals surface area (Å²) in [7, 11) is 0.481. The van der Waals surface area contributed by atoms with E-state index in [4.69, 9.17) is 4.74 Å². The molecule has 2 N–H and O–H groups in total. The van der Waals surface area contributed by atoms with Crippen LogP contribution in [-0.2, 0) is 26.0 Å². The number of amides is 1. The molecule has 8 nitrogen and oxygen atoms in total. The monoisotopic (exact) mass is 472 g/mol. The topological polar surface area (TPSA) is 94.7 Å². The SMILES string of the molecule is Cc1[nH]c(/C=C2\C(=O)Nc3ccc(S(=O)(=O)N4CCOCC4)cc32)c(C)c1CCCN(C)C. The average Bonchev–Trinajstić information content (AvgIpc) is 3.24. The van der Waals surface area contributed by atoms with Crippen molar-refractivity contribution < 1.29 is 17.9 Å². The Bertz CT molecular complexity index is 1190. The first-order chi connectivity index (χ1) is 15.7. The molecule has 1 aromatic heterocycles. The Hall–Kier alpha value is -2.46. The maximum atomic E-state index is 13.1. The number of benzene rings is 1. The van der Waals surface area contributed by atoms with Gasteiger partial charge in [0.2, 0.25) is 10.0 Å². The largest absolute Gasteiger partial charge is 0.379 e. The average molecular weight is 473 g/mol. The highest BCUT2D eigenvalue weighted by Gasteiger charge is 2.30. The lowest BCUT2D eigenvalue weighted by Gasteiger charge is -2.26. The van der Waals surface area contributed by atoms with E-state index in [2.05, 4.69) is 43.1 Å². The fourth-order valence-electron chi connectivity index (χ4n) is 4.46. The number of ether oxygens (including phenoxy) is 1. The van der Waals surface area contributed by atoms with Crippen LogP contribution in [0.1, 0.15) is 34.5 Å². The molecule has 1 amide bonds. The fraction of sp³-hybridized carbons (Fsp3) is 0.458. The number of H-pyrrole nitrogens is 1. The van der Waals surface area contributed by atoms with E-state index in [1.807, 2.05) is 6.08 Å². The lowest BCUT2D eigenvalue weighted by Crippen LogP contribution is -2.40. The molecule has 1 fully saturated rings. The standard InChI is InChI=1S/C24H32N4O4S/c1-16-19(6-5-9-27(3)4)17(2)25-23(16)15-21-20-14-18(7-8-22(20)26-24(21)29)33(30,31)28-10-12-32-13-11-28/h7-8,14-15,25H,5-6,9-13H2,1-4H3,(H,26,29)/b21-15-. The van der Waals surface area contributed by atoms with E-state index >= 15 is 0 Å². The number of hydrogen-bond acceptors (Lipinski definition) is 5. The van der Waals surface area contributed by atoms with E-state index < -0.39 is 10.0 Å². The summed E-state index contributed by atoms with van der Waals surface area (Å²) < 4.78 is 33.0. The Balaban J connectivity index is 1.66. The van der Waals surface area contributed by atoms with Crippen LogP contribution in [0.4, 0.5) is 5.69 Å². The maximum Gasteiger partial charge on any atom is 0.256 e. The zero-order valence-corrected chi connectivity index (χ0v) is 20.5. The smallest absolute Gasteiger partial charge is 0.256 e. The summed E-state index contributed by atoms with van der Waals surface area (Å²) in [4.78, 5) is 18.5. The number of carbonyl (C=O) groups is 1. The van der Waals surface area contributed by atoms with Crippen LogP contribution in [0.15, 0.2) is 23.1 Å². The number of morpholine rings is 1. The zero-order valence-electron chi connectivity index (χ0n) is 19.7. The molecular weight excluding hydrogens is 440 g/mol. The molecule has 1 aromatic carbocycles. The summed E-state index contributed by atoms with van der Waals surface area (Å²) in [5.74, 6) is -0.230. The number of aromatic nitrogens is 1. The van der Waals surface area contributed by atoms with Gasteiger partial charge in [-0.1, -0.05) is 0 Å². The van der Waals surface area contributed by atoms with E-state index in [-0.39, 0.29) is 10.8 Å². The van der Waals surface area contributed by atoms with E-state index in [1.54, 1.807) is 18.2 Å². The molecule has 2 aliphatic heterocycles. The van der Waals surface area contributed by atoms with Gasteiger partial charge in [-0.2, -0.15) is 4.31 Å². The number of aryl methyl sites for hydroxylation is 1. The maximum absolute atomic E-state index is 13.1. The van der Waals surface area contributed by atoms with Gasteiger partial charge in [0.25, 0.3) is 5.91 Å². The number of aromatic amines is 1. The van der Waals surface area contributed by atoms with Crippen LogP contribution in [0.3, 0.4) is 0 Å². The summed E-state index contributed by atoms with van der Waals surface area (Å²) in [6.07, 6.45) is 3.85. The first kappa shape index (κ1) is 23.7. The molecule has 9 heteroatoms. The summed E-state index contributed by atoms with van der Waals surface area (Å²) in [5.41, 5.74) is 6.07. The molecule has 0 spiro atoms. The molecular formula is C24H32N4O4S. The number of rotatable bonds is 7. The molecule has 0 aliphatic carbocycles. The van der Waals surface area contributed by atoms with Crippen LogP contribution in [0, 0.1) is 13.8 Å². The molecule has 0 atom stereocenters. The third-order valence-electron chi connectivity index (χ3n) is 6.33. The Morgan fingerprint density at radius 1 is 1.18 bits per heavy atom. The second-order valence-electron chi connectivity index (χ2n) is 8.91. The Labute approximate surface area is 195 Å². The summed E-state index contributed by atoms with van der Waals surface area (Å²) in [5, 5.41) is 2.86. The highest BCUT2D eigenvalue weighted by Crippen LogP contribution is 2.36. The highest BCUT2D eigenvalue weighted by molar-refractivity contribution is 7.89. The lowest BCUT2D eigenvalue weighted by molar-refractivity contribution is -0.110. The van der Waals surface area contributed by atoms with Crippen molar-refractivity contribution in [1.29, 1.82) is 0 Å². The molecule has 1 saturated heterocycles. The van der Waals surface area contributed by atoms with Crippen LogP contribution in [-0.4, -0.2) is 75.5 Å². The number of nitrogens with one attached hydrogen (secondary N) is 2. The minimum atomic E-state index is -3.65. The molecule has 4 rings (SSSR count). The predicted octanol–water partition coefficient (Wildman–Crippen LogP) is 2.64. The lowest BCUT2D eigenvalue weighted by atomic mass is 10.0. The van der Waals surface area contributed by atoms with Gasteiger partial charge in [-0.05, 0) is 82.7 Å². The highest BCUT2D eigenvalue weighted by atomic mass is 32.2. The zero-order chi connectivity index (χ0) is 23.8. The van der Waals surface area contributed by atoms with Gasteiger partial charge in [0.1, 0.15) is 0 Å². The molecule has 178 valence electrons. The molecule has 3 heterocycles. The van der Waals surface area contributed by atoms with E-state index in [9.17, 15) is 13.2 Å². The Kier molecular flexibility index (Phi) is 6.76. The van der Waals surface area contributed by atoms with Gasteiger partial charge >= 0.3 is 0 Å². The van der Waals surface area contributed by atoms with Crippen LogP contribution in [0.2, 0.25) is 0 Å². The molecule has 0 bridgehead atoms. The second-order valence-corrected chi connectivity index (χ2v) is 10.8. The summed E-state index contributed by atoms with van der Waals surface area (Å²) in [6, 6.07) is 4.83. The quantitative estimate of drug-likeness (QED) is 0.604. The molecule has 0 saturated carbocycles. The summed E-state index contributed by atoms with van der Waals surface area (Å²) in [6.45, 7) is 6.56. The summed E-state index contributed by atoms with van der Waals surface area (Å²) >= 11 is 0. The first-order valence-electron chi connectivity index (χ1n) is 11.3. The van der Waals surface area contributed by atoms with Crippen molar-refractivity contribution >= 4 is 33.3 Å². The third kappa shape index (κ3) is 4.77. The number of anilines is 1. The number of nitrogens with zero attached hydrogens (tertiary/aromatic N) is 2. The predicted molar refractivity (Wildman–Crippen MR) is 130 cm³/mol. The van der Waals surface area contributed by atoms with Gasteiger partial charge in [0.05, 0.1) is 23.7 Å². The van der Waals surface area contributed by atoms with Crippen molar-refractivity contribution in [3.63, 3.8) is 0 Å². The van der Waals surface area contributed by atoms with E-state index in [0.717, 1.165) is 36.3 Å². The van der Waals surface area contributed by atoms with E-state index in [1.165, 1.54) is 9.87 Å². The van der Waals surface area contributed by atoms with Crippen molar-refractivity contribution in [1.82, 2.24) is 14.2 Å². The number of sulfonamides is 1. The van der Waals surface area contributed by atoms with Gasteiger partial charge < -0.3 is 19.9 Å². The Morgan fingerprint density at radius 3 is 2.61 bits per heavy atom. The van der Waals surface area contributed by atoms with Crippen molar-refractivity contribution in [2.75, 3.05) is 52.3 Å². The van der Waals surface area contributed by atoms with Gasteiger partial charge in [-0.3, -0.25) is 4.79 Å². The molecule has 0 radical (unpaired) electrons. The number of hydrogen-bond donors (Lipinski definition) is 2. The van der Waals surface area contributed by atoms with E-state index in [0.29, 0.717) is 43.1 Å². The van der Waals surface area contributed by atoms with Crippen LogP contribution < -0.4 is 5.32 Å². The van der Waals surface area contributed by atoms with Gasteiger partial charge in [-0.25, -0.2) is 8.42 Å². The third-order valence-corrected chi connectivity index (χ3v) is 8.23. The number of carbonyl (C=O) groups excluding carboxylic acids is 1. The Morgan fingerprint density at radius 2 is 1.91 bits per heavy atom. The van der Waals surface area contributed by atoms with Crippen molar-refractivity contribution in [3.8, 4) is 0 Å². The molecule has 2 aromatic rings. The fourth-order valence-corrected chi connectivity index (χ4v) is 5.89. The minimum absolute atomic E-state index is 0.189. The first-order valence-corrected chi connectivity index (χ1v) is 12.7. The second kappa shape index (κ2) is 9.42. The van der Waals surface area contributed by atoms with Crippen LogP contribution in [0.25, 0.3) is 11.6 Å². The van der Waals surface area contributed by atoms with Crippen molar-refractivity contribution in [2.24, 2.45) is 0 Å². The van der Waals surface area contributed by atoms with Gasteiger partial charge in [-0.15, -0.1) is 0 Å². The molecule has 33 heavy (non-hydrogen) atoms. The molecule has 2 aliphatic rings. The van der Waals surface area contributed by atoms with Gasteiger partial charge in [0.15, 0.2) is 0 Å². The van der Waals surface area contributed by atoms with Gasteiger partial charge in [0, 0.05) is 35.7 Å².